The molecule has 2 aliphatic rings. The number of hydrogen-bond acceptors (Lipinski definition) is 8. The van der Waals surface area contributed by atoms with Crippen LogP contribution in [0.5, 0.6) is 0 Å². The second kappa shape index (κ2) is 17.0. The molecule has 2 aromatic heterocycles. The number of aromatic nitrogens is 4. The lowest BCUT2D eigenvalue weighted by atomic mass is 10.0. The lowest BCUT2D eigenvalue weighted by Gasteiger charge is -2.40. The van der Waals surface area contributed by atoms with Gasteiger partial charge in [0.15, 0.2) is 0 Å². The number of nitrogens with one attached hydrogen (secondary N) is 2. The van der Waals surface area contributed by atoms with Crippen molar-refractivity contribution in [2.45, 2.75) is 70.9 Å². The van der Waals surface area contributed by atoms with E-state index in [2.05, 4.69) is 21.8 Å². The fourth-order valence-electron chi connectivity index (χ4n) is 7.43. The molecule has 0 saturated carbocycles. The maximum Gasteiger partial charge on any atom is 0.410 e. The van der Waals surface area contributed by atoms with Crippen LogP contribution in [0.3, 0.4) is 0 Å². The predicted octanol–water partition coefficient (Wildman–Crippen LogP) is 8.63. The molecule has 4 heterocycles. The van der Waals surface area contributed by atoms with Crippen molar-refractivity contribution < 1.29 is 28.6 Å². The van der Waals surface area contributed by atoms with E-state index in [1.54, 1.807) is 14.7 Å². The van der Waals surface area contributed by atoms with Crippen molar-refractivity contribution in [2.24, 2.45) is 0 Å². The highest BCUT2D eigenvalue weighted by molar-refractivity contribution is 5.79. The van der Waals surface area contributed by atoms with Crippen molar-refractivity contribution in [3.05, 3.63) is 131 Å². The van der Waals surface area contributed by atoms with Crippen LogP contribution in [0.4, 0.5) is 14.4 Å². The first kappa shape index (κ1) is 39.0. The Bertz CT molecular complexity index is 2520. The Kier molecular flexibility index (Phi) is 11.2. The first-order valence-electron chi connectivity index (χ1n) is 20.0. The molecule has 13 nitrogen and oxygen atoms in total. The zero-order chi connectivity index (χ0) is 40.9. The van der Waals surface area contributed by atoms with E-state index in [0.29, 0.717) is 24.4 Å². The van der Waals surface area contributed by atoms with Gasteiger partial charge in [0, 0.05) is 30.8 Å². The number of fused-ring (bicyclic) bond motifs is 2. The summed E-state index contributed by atoms with van der Waals surface area (Å²) in [5, 5.41) is 0. The van der Waals surface area contributed by atoms with Crippen LogP contribution < -0.4 is 0 Å². The molecule has 2 saturated heterocycles. The number of aromatic amines is 2. The molecule has 302 valence electrons. The van der Waals surface area contributed by atoms with Gasteiger partial charge in [-0.25, -0.2) is 24.4 Å². The van der Waals surface area contributed by atoms with Gasteiger partial charge in [0.05, 0.1) is 34.7 Å². The van der Waals surface area contributed by atoms with E-state index in [4.69, 9.17) is 24.2 Å². The molecule has 0 radical (unpaired) electrons. The number of piperazine rings is 1. The summed E-state index contributed by atoms with van der Waals surface area (Å²) in [5.41, 5.74) is 5.76. The Balaban J connectivity index is 0.985. The molecule has 0 bridgehead atoms. The van der Waals surface area contributed by atoms with Crippen molar-refractivity contribution >= 4 is 40.3 Å². The van der Waals surface area contributed by atoms with Crippen molar-refractivity contribution in [1.29, 1.82) is 0 Å². The number of rotatable bonds is 6. The van der Waals surface area contributed by atoms with Gasteiger partial charge in [0.2, 0.25) is 0 Å². The van der Waals surface area contributed by atoms with Crippen LogP contribution in [0.15, 0.2) is 97.1 Å². The molecule has 3 amide bonds. The Hall–Kier alpha value is -6.81. The van der Waals surface area contributed by atoms with E-state index >= 15 is 0 Å². The van der Waals surface area contributed by atoms with Gasteiger partial charge in [-0.1, -0.05) is 72.5 Å². The molecule has 0 unspecified atom stereocenters. The summed E-state index contributed by atoms with van der Waals surface area (Å²) in [7, 11) is 0. The van der Waals surface area contributed by atoms with Gasteiger partial charge in [-0.15, -0.1) is 0 Å². The molecule has 0 spiro atoms. The summed E-state index contributed by atoms with van der Waals surface area (Å²) >= 11 is 0. The van der Waals surface area contributed by atoms with Crippen LogP contribution in [0.1, 0.15) is 86.0 Å². The molecule has 2 aliphatic heterocycles. The third-order valence-corrected chi connectivity index (χ3v) is 10.4. The zero-order valence-electron chi connectivity index (χ0n) is 33.4. The fourth-order valence-corrected chi connectivity index (χ4v) is 7.43. The number of carbonyl (C=O) groups excluding carboxylic acids is 3. The molecule has 0 aliphatic carbocycles. The molecular weight excluding hydrogens is 747 g/mol. The highest BCUT2D eigenvalue weighted by atomic mass is 16.6. The van der Waals surface area contributed by atoms with Gasteiger partial charge in [-0.3, -0.25) is 9.80 Å². The van der Waals surface area contributed by atoms with E-state index in [9.17, 15) is 14.4 Å². The third-order valence-electron chi connectivity index (χ3n) is 10.4. The van der Waals surface area contributed by atoms with Crippen LogP contribution >= 0.6 is 0 Å². The van der Waals surface area contributed by atoms with E-state index in [0.717, 1.165) is 63.9 Å². The zero-order valence-corrected chi connectivity index (χ0v) is 33.4. The first-order valence-corrected chi connectivity index (χ1v) is 20.0. The maximum absolute atomic E-state index is 13.5. The van der Waals surface area contributed by atoms with Crippen molar-refractivity contribution in [3.8, 4) is 11.8 Å². The molecule has 6 aromatic rings. The van der Waals surface area contributed by atoms with Gasteiger partial charge < -0.3 is 29.1 Å². The topological polar surface area (TPSA) is 146 Å². The summed E-state index contributed by atoms with van der Waals surface area (Å²) in [5.74, 6) is 7.79. The van der Waals surface area contributed by atoms with Crippen LogP contribution in [-0.2, 0) is 27.4 Å². The summed E-state index contributed by atoms with van der Waals surface area (Å²) in [6.45, 7) is 7.14. The van der Waals surface area contributed by atoms with Crippen LogP contribution in [0.25, 0.3) is 22.1 Å². The van der Waals surface area contributed by atoms with Crippen molar-refractivity contribution in [3.63, 3.8) is 0 Å². The number of carbonyl (C=O) groups is 3. The van der Waals surface area contributed by atoms with Crippen LogP contribution in [0, 0.1) is 11.8 Å². The number of H-pyrrole nitrogens is 2. The molecule has 2 N–H and O–H groups in total. The summed E-state index contributed by atoms with van der Waals surface area (Å²) in [6, 6.07) is 29.9. The minimum atomic E-state index is -0.668. The molecule has 13 heteroatoms. The second-order valence-electron chi connectivity index (χ2n) is 15.9. The van der Waals surface area contributed by atoms with Crippen molar-refractivity contribution in [2.75, 3.05) is 26.2 Å². The maximum atomic E-state index is 13.5. The van der Waals surface area contributed by atoms with E-state index < -0.39 is 23.8 Å². The minimum absolute atomic E-state index is 0.125. The summed E-state index contributed by atoms with van der Waals surface area (Å²) < 4.78 is 17.1. The molecular formula is C46H47N7O6. The lowest BCUT2D eigenvalue weighted by Crippen LogP contribution is -2.53. The highest BCUT2D eigenvalue weighted by Gasteiger charge is 2.38. The molecule has 2 fully saturated rings. The average Bonchev–Trinajstić information content (AvgIpc) is 3.88. The summed E-state index contributed by atoms with van der Waals surface area (Å²) in [6.07, 6.45) is 1.42. The van der Waals surface area contributed by atoms with Gasteiger partial charge in [-0.05, 0) is 87.6 Å². The molecule has 2 atom stereocenters. The number of amides is 3. The highest BCUT2D eigenvalue weighted by Crippen LogP contribution is 2.32. The number of ether oxygens (including phenoxy) is 3. The Morgan fingerprint density at radius 1 is 0.661 bits per heavy atom. The van der Waals surface area contributed by atoms with Gasteiger partial charge in [0.1, 0.15) is 36.5 Å². The van der Waals surface area contributed by atoms with Crippen LogP contribution in [-0.4, -0.2) is 84.7 Å². The number of imidazole rings is 2. The smallest absolute Gasteiger partial charge is 0.410 e. The monoisotopic (exact) mass is 793 g/mol. The number of hydrogen-bond donors (Lipinski definition) is 2. The number of nitrogens with zero attached hydrogens (tertiary/aromatic N) is 5. The Morgan fingerprint density at radius 3 is 1.73 bits per heavy atom. The van der Waals surface area contributed by atoms with Gasteiger partial charge >= 0.3 is 18.3 Å². The van der Waals surface area contributed by atoms with E-state index in [-0.39, 0.29) is 38.4 Å². The lowest BCUT2D eigenvalue weighted by molar-refractivity contribution is -0.0000989. The SMILES string of the molecule is CC(C)(C)OC(=O)N1CCN(C(=O)OCc2ccccc2)[C@H](c2nc3cc(C#Cc4ccc5[nH]c([C@@H]6CCCCN6C(=O)OCc6ccccc6)nc5c4)ccc3[nH]2)C1. The minimum Gasteiger partial charge on any atom is -0.445 e. The predicted molar refractivity (Wildman–Crippen MR) is 222 cm³/mol. The Labute approximate surface area is 342 Å². The Morgan fingerprint density at radius 2 is 1.19 bits per heavy atom. The van der Waals surface area contributed by atoms with E-state index in [1.165, 1.54) is 0 Å². The first-order chi connectivity index (χ1) is 28.6. The fraction of sp³-hybridized carbons (Fsp3) is 0.326. The molecule has 59 heavy (non-hydrogen) atoms. The third kappa shape index (κ3) is 9.33. The number of likely N-dealkylation sites (tertiary alicyclic amines) is 1. The van der Waals surface area contributed by atoms with Gasteiger partial charge in [0.25, 0.3) is 0 Å². The summed E-state index contributed by atoms with van der Waals surface area (Å²) in [4.78, 5) is 61.5. The van der Waals surface area contributed by atoms with E-state index in [1.807, 2.05) is 118 Å². The van der Waals surface area contributed by atoms with Crippen molar-refractivity contribution in [1.82, 2.24) is 34.6 Å². The normalized spacial score (nSPS) is 17.0. The largest absolute Gasteiger partial charge is 0.445 e. The molecule has 8 rings (SSSR count). The van der Waals surface area contributed by atoms with Gasteiger partial charge in [-0.2, -0.15) is 0 Å². The molecule has 4 aromatic carbocycles. The number of piperidine rings is 1. The average molecular weight is 794 g/mol. The standard InChI is InChI=1S/C46H47N7O6/c1-46(2,3)59-43(54)51-24-25-53(45(56)58-30-34-14-8-5-9-15-34)40(28-51)42-48-36-22-20-32(27-38(36)50-42)18-17-31-19-21-35-37(26-31)49-41(47-35)39-16-10-11-23-52(39)44(55)57-29-33-12-6-4-7-13-33/h4-9,12-15,19-22,26-27,39-40H,10-11,16,23-25,28-30H2,1-3H3,(H,47,49)(H,48,50)/t39-,40-/m0/s1. The van der Waals surface area contributed by atoms with Crippen LogP contribution in [0.2, 0.25) is 0 Å². The second-order valence-corrected chi connectivity index (χ2v) is 15.9. The quantitative estimate of drug-likeness (QED) is 0.126. The number of benzene rings is 4.